The van der Waals surface area contributed by atoms with E-state index in [0.29, 0.717) is 0 Å². The Morgan fingerprint density at radius 3 is 1.74 bits per heavy atom. The highest BCUT2D eigenvalue weighted by molar-refractivity contribution is 7.72. The molecule has 1 aliphatic rings. The van der Waals surface area contributed by atoms with E-state index < -0.39 is 7.36 Å². The van der Waals surface area contributed by atoms with Crippen LogP contribution in [-0.2, 0) is 0 Å². The molecule has 3 rings (SSSR count). The summed E-state index contributed by atoms with van der Waals surface area (Å²) < 4.78 is 4.64. The number of allylic oxidation sites excluding steroid dienone is 2. The molecule has 0 aromatic heterocycles. The minimum atomic E-state index is -2.32. The Kier molecular flexibility index (Phi) is 4.58. The highest BCUT2D eigenvalue weighted by atomic mass is 31.2. The lowest BCUT2D eigenvalue weighted by atomic mass is 10.3. The molecule has 1 saturated heterocycles. The van der Waals surface area contributed by atoms with Crippen LogP contribution in [-0.4, -0.2) is 13.1 Å². The Labute approximate surface area is 139 Å². The maximum absolute atomic E-state index is 9.52. The van der Waals surface area contributed by atoms with Crippen molar-refractivity contribution in [2.45, 2.75) is 20.3 Å². The first kappa shape index (κ1) is 15.9. The first-order chi connectivity index (χ1) is 11.2. The predicted molar refractivity (Wildman–Crippen MR) is 101 cm³/mol. The van der Waals surface area contributed by atoms with Crippen LogP contribution < -0.4 is 9.34 Å². The van der Waals surface area contributed by atoms with Gasteiger partial charge in [-0.25, -0.2) is 0 Å². The van der Waals surface area contributed by atoms with Crippen molar-refractivity contribution in [3.63, 3.8) is 0 Å². The lowest BCUT2D eigenvalue weighted by Crippen LogP contribution is -2.19. The maximum Gasteiger partial charge on any atom is 0.168 e. The third-order valence-electron chi connectivity index (χ3n) is 4.43. The van der Waals surface area contributed by atoms with Crippen LogP contribution in [0.25, 0.3) is 0 Å². The quantitative estimate of drug-likeness (QED) is 0.705. The molecule has 1 aliphatic heterocycles. The van der Waals surface area contributed by atoms with Crippen molar-refractivity contribution in [3.05, 3.63) is 72.1 Å². The van der Waals surface area contributed by atoms with E-state index in [4.69, 9.17) is 0 Å². The van der Waals surface area contributed by atoms with Crippen molar-refractivity contribution in [3.8, 4) is 0 Å². The van der Waals surface area contributed by atoms with Crippen LogP contribution in [0.4, 0.5) is 11.4 Å². The number of rotatable bonds is 4. The standard InChI is InChI=1S/C19H24N3P/c1-3-19(4-2)23(20)21(17-11-7-5-8-12-17)15-16-22(23)18-13-9-6-10-14-18/h3,5-14,20H,4,15-16H2,1-2H3/b19-3+. The van der Waals surface area contributed by atoms with Gasteiger partial charge in [0.15, 0.2) is 7.36 Å². The second-order valence-corrected chi connectivity index (χ2v) is 8.39. The zero-order chi connectivity index (χ0) is 16.3. The monoisotopic (exact) mass is 325 g/mol. The fourth-order valence-corrected chi connectivity index (χ4v) is 6.69. The average Bonchev–Trinajstić information content (AvgIpc) is 2.95. The van der Waals surface area contributed by atoms with E-state index in [1.54, 1.807) is 0 Å². The zero-order valence-corrected chi connectivity index (χ0v) is 14.7. The average molecular weight is 325 g/mol. The molecule has 0 aliphatic carbocycles. The van der Waals surface area contributed by atoms with Crippen LogP contribution in [0.5, 0.6) is 0 Å². The zero-order valence-electron chi connectivity index (χ0n) is 13.8. The summed E-state index contributed by atoms with van der Waals surface area (Å²) in [5.41, 5.74) is 2.31. The molecule has 4 heteroatoms. The number of hydrogen-bond acceptors (Lipinski definition) is 1. The smallest absolute Gasteiger partial charge is 0.168 e. The molecule has 0 spiro atoms. The normalized spacial score (nSPS) is 17.6. The van der Waals surface area contributed by atoms with Gasteiger partial charge < -0.3 is 9.34 Å². The van der Waals surface area contributed by atoms with Gasteiger partial charge in [0.05, 0.1) is 0 Å². The highest BCUT2D eigenvalue weighted by Gasteiger charge is 2.41. The Morgan fingerprint density at radius 2 is 1.39 bits per heavy atom. The molecule has 2 aromatic carbocycles. The van der Waals surface area contributed by atoms with Gasteiger partial charge in [0.2, 0.25) is 0 Å². The van der Waals surface area contributed by atoms with Gasteiger partial charge in [-0.2, -0.15) is 0 Å². The van der Waals surface area contributed by atoms with Crippen molar-refractivity contribution in [1.82, 2.24) is 0 Å². The molecule has 0 unspecified atom stereocenters. The summed E-state index contributed by atoms with van der Waals surface area (Å²) in [4.78, 5) is 0. The fourth-order valence-electron chi connectivity index (χ4n) is 3.32. The van der Waals surface area contributed by atoms with Gasteiger partial charge in [0.1, 0.15) is 0 Å². The van der Waals surface area contributed by atoms with Crippen LogP contribution in [0.2, 0.25) is 0 Å². The van der Waals surface area contributed by atoms with Gasteiger partial charge in [-0.05, 0) is 37.6 Å². The van der Waals surface area contributed by atoms with Gasteiger partial charge in [-0.15, -0.1) is 0 Å². The molecule has 0 bridgehead atoms. The molecule has 2 aromatic rings. The van der Waals surface area contributed by atoms with E-state index in [2.05, 4.69) is 77.8 Å². The SMILES string of the molecule is C/C=C(\CC)P1(=N)N(c2ccccc2)CCN1c1ccccc1. The fraction of sp³-hybridized carbons (Fsp3) is 0.263. The second kappa shape index (κ2) is 6.64. The molecule has 1 N–H and O–H groups in total. The number of benzene rings is 2. The third-order valence-corrected chi connectivity index (χ3v) is 8.06. The first-order valence-electron chi connectivity index (χ1n) is 8.17. The van der Waals surface area contributed by atoms with Crippen LogP contribution >= 0.6 is 7.36 Å². The van der Waals surface area contributed by atoms with Crippen LogP contribution in [0.15, 0.2) is 72.1 Å². The Balaban J connectivity index is 2.11. The van der Waals surface area contributed by atoms with Crippen LogP contribution in [0.1, 0.15) is 20.3 Å². The van der Waals surface area contributed by atoms with Crippen molar-refractivity contribution < 1.29 is 0 Å². The molecule has 0 amide bonds. The molecule has 120 valence electrons. The molecule has 0 saturated carbocycles. The summed E-state index contributed by atoms with van der Waals surface area (Å²) in [5, 5.41) is 10.8. The van der Waals surface area contributed by atoms with Gasteiger partial charge in [-0.1, -0.05) is 49.4 Å². The van der Waals surface area contributed by atoms with Crippen molar-refractivity contribution in [1.29, 1.82) is 5.16 Å². The lowest BCUT2D eigenvalue weighted by Gasteiger charge is -2.38. The number of nitrogens with one attached hydrogen (secondary N) is 1. The number of anilines is 2. The van der Waals surface area contributed by atoms with Gasteiger partial charge in [0.25, 0.3) is 0 Å². The molecule has 23 heavy (non-hydrogen) atoms. The van der Waals surface area contributed by atoms with Crippen molar-refractivity contribution >= 4 is 18.7 Å². The summed E-state index contributed by atoms with van der Waals surface area (Å²) in [7, 11) is -2.32. The number of nitrogens with zero attached hydrogens (tertiary/aromatic N) is 2. The topological polar surface area (TPSA) is 30.3 Å². The minimum Gasteiger partial charge on any atom is -0.318 e. The van der Waals surface area contributed by atoms with E-state index in [-0.39, 0.29) is 0 Å². The summed E-state index contributed by atoms with van der Waals surface area (Å²) in [6.45, 7) is 6.02. The van der Waals surface area contributed by atoms with Gasteiger partial charge in [0, 0.05) is 29.8 Å². The Hall–Kier alpha value is -1.99. The van der Waals surface area contributed by atoms with Gasteiger partial charge in [-0.3, -0.25) is 5.16 Å². The lowest BCUT2D eigenvalue weighted by molar-refractivity contribution is 1.02. The third kappa shape index (κ3) is 2.70. The van der Waals surface area contributed by atoms with E-state index >= 15 is 0 Å². The summed E-state index contributed by atoms with van der Waals surface area (Å²) in [6.07, 6.45) is 3.07. The Bertz CT molecular complexity index is 673. The molecule has 0 atom stereocenters. The Morgan fingerprint density at radius 1 is 0.957 bits per heavy atom. The van der Waals surface area contributed by atoms with Crippen LogP contribution in [0, 0.1) is 5.16 Å². The molecule has 3 nitrogen and oxygen atoms in total. The van der Waals surface area contributed by atoms with E-state index in [1.807, 2.05) is 12.1 Å². The molecule has 0 radical (unpaired) electrons. The molecule has 1 heterocycles. The van der Waals surface area contributed by atoms with E-state index in [9.17, 15) is 5.16 Å². The number of para-hydroxylation sites is 2. The summed E-state index contributed by atoms with van der Waals surface area (Å²) in [5.74, 6) is 0. The summed E-state index contributed by atoms with van der Waals surface area (Å²) >= 11 is 0. The molecular formula is C19H24N3P. The second-order valence-electron chi connectivity index (χ2n) is 5.65. The molecular weight excluding hydrogens is 301 g/mol. The van der Waals surface area contributed by atoms with Crippen molar-refractivity contribution in [2.24, 2.45) is 0 Å². The largest absolute Gasteiger partial charge is 0.318 e. The predicted octanol–water partition coefficient (Wildman–Crippen LogP) is 5.94. The first-order valence-corrected chi connectivity index (χ1v) is 9.87. The van der Waals surface area contributed by atoms with E-state index in [1.165, 1.54) is 5.31 Å². The highest BCUT2D eigenvalue weighted by Crippen LogP contribution is 2.66. The molecule has 1 fully saturated rings. The van der Waals surface area contributed by atoms with Crippen LogP contribution in [0.3, 0.4) is 0 Å². The minimum absolute atomic E-state index is 0.896. The maximum atomic E-state index is 9.52. The van der Waals surface area contributed by atoms with E-state index in [0.717, 1.165) is 30.9 Å². The number of hydrogen-bond donors (Lipinski definition) is 1. The van der Waals surface area contributed by atoms with Gasteiger partial charge >= 0.3 is 0 Å². The van der Waals surface area contributed by atoms with Crippen molar-refractivity contribution in [2.75, 3.05) is 22.4 Å². The summed E-state index contributed by atoms with van der Waals surface area (Å²) in [6, 6.07) is 20.8.